The monoisotopic (exact) mass is 329 g/mol. The molecule has 2 aromatic rings. The van der Waals surface area contributed by atoms with Crippen molar-refractivity contribution in [2.45, 2.75) is 13.1 Å². The number of hydrogen-bond donors (Lipinski definition) is 1. The van der Waals surface area contributed by atoms with Gasteiger partial charge in [0.15, 0.2) is 4.67 Å². The van der Waals surface area contributed by atoms with E-state index in [1.807, 2.05) is 6.07 Å². The second kappa shape index (κ2) is 5.64. The summed E-state index contributed by atoms with van der Waals surface area (Å²) in [5.74, 6) is 0.575. The molecule has 1 amide bonds. The molecule has 2 rings (SSSR count). The lowest BCUT2D eigenvalue weighted by Gasteiger charge is -2.13. The highest BCUT2D eigenvalue weighted by Gasteiger charge is 2.16. The Kier molecular flexibility index (Phi) is 4.15. The molecule has 0 aliphatic heterocycles. The van der Waals surface area contributed by atoms with E-state index in [-0.39, 0.29) is 5.91 Å². The predicted octanol–water partition coefficient (Wildman–Crippen LogP) is 2.23. The van der Waals surface area contributed by atoms with Crippen molar-refractivity contribution in [1.29, 1.82) is 0 Å². The SMILES string of the molecule is CN(Cc1ccc(Br)o1)C(=O)c1csc(CN)n1. The van der Waals surface area contributed by atoms with Crippen LogP contribution in [0.2, 0.25) is 0 Å². The number of amides is 1. The van der Waals surface area contributed by atoms with Gasteiger partial charge in [0.1, 0.15) is 16.5 Å². The lowest BCUT2D eigenvalue weighted by molar-refractivity contribution is 0.0770. The van der Waals surface area contributed by atoms with Gasteiger partial charge in [-0.15, -0.1) is 11.3 Å². The molecule has 0 radical (unpaired) electrons. The van der Waals surface area contributed by atoms with Gasteiger partial charge in [-0.1, -0.05) is 0 Å². The molecule has 0 bridgehead atoms. The number of carbonyl (C=O) groups is 1. The molecule has 2 N–H and O–H groups in total. The van der Waals surface area contributed by atoms with Crippen LogP contribution in [0.25, 0.3) is 0 Å². The topological polar surface area (TPSA) is 72.4 Å². The number of carbonyl (C=O) groups excluding carboxylic acids is 1. The van der Waals surface area contributed by atoms with Crippen molar-refractivity contribution in [2.75, 3.05) is 7.05 Å². The average Bonchev–Trinajstić information content (AvgIpc) is 2.97. The number of hydrogen-bond acceptors (Lipinski definition) is 5. The Morgan fingerprint density at radius 1 is 1.61 bits per heavy atom. The van der Waals surface area contributed by atoms with Crippen LogP contribution in [0.4, 0.5) is 0 Å². The summed E-state index contributed by atoms with van der Waals surface area (Å²) in [5.41, 5.74) is 5.89. The highest BCUT2D eigenvalue weighted by Crippen LogP contribution is 2.17. The molecule has 0 saturated heterocycles. The van der Waals surface area contributed by atoms with Gasteiger partial charge >= 0.3 is 0 Å². The average molecular weight is 330 g/mol. The summed E-state index contributed by atoms with van der Waals surface area (Å²) in [5, 5.41) is 2.48. The Morgan fingerprint density at radius 3 is 2.94 bits per heavy atom. The van der Waals surface area contributed by atoms with Crippen molar-refractivity contribution in [1.82, 2.24) is 9.88 Å². The maximum atomic E-state index is 12.1. The van der Waals surface area contributed by atoms with Gasteiger partial charge in [0.2, 0.25) is 0 Å². The molecule has 0 spiro atoms. The van der Waals surface area contributed by atoms with Crippen molar-refractivity contribution >= 4 is 33.2 Å². The van der Waals surface area contributed by atoms with E-state index in [9.17, 15) is 4.79 Å². The molecule has 0 aliphatic rings. The maximum Gasteiger partial charge on any atom is 0.273 e. The number of furan rings is 1. The third kappa shape index (κ3) is 2.98. The normalized spacial score (nSPS) is 10.6. The third-order valence-electron chi connectivity index (χ3n) is 2.31. The summed E-state index contributed by atoms with van der Waals surface area (Å²) in [4.78, 5) is 17.8. The summed E-state index contributed by atoms with van der Waals surface area (Å²) in [7, 11) is 1.71. The summed E-state index contributed by atoms with van der Waals surface area (Å²) in [6.07, 6.45) is 0. The molecular formula is C11H12BrN3O2S. The Labute approximate surface area is 117 Å². The lowest BCUT2D eigenvalue weighted by Crippen LogP contribution is -2.26. The van der Waals surface area contributed by atoms with Gasteiger partial charge in [-0.3, -0.25) is 4.79 Å². The molecular weight excluding hydrogens is 318 g/mol. The van der Waals surface area contributed by atoms with Gasteiger partial charge in [0.25, 0.3) is 5.91 Å². The van der Waals surface area contributed by atoms with Crippen molar-refractivity contribution in [3.8, 4) is 0 Å². The fourth-order valence-corrected chi connectivity index (χ4v) is 2.43. The zero-order valence-corrected chi connectivity index (χ0v) is 12.1. The number of thiazole rings is 1. The van der Waals surface area contributed by atoms with E-state index in [1.165, 1.54) is 11.3 Å². The quantitative estimate of drug-likeness (QED) is 0.933. The van der Waals surface area contributed by atoms with Crippen LogP contribution in [-0.4, -0.2) is 22.8 Å². The van der Waals surface area contributed by atoms with Gasteiger partial charge < -0.3 is 15.1 Å². The zero-order chi connectivity index (χ0) is 13.1. The maximum absolute atomic E-state index is 12.1. The van der Waals surface area contributed by atoms with Crippen LogP contribution >= 0.6 is 27.3 Å². The van der Waals surface area contributed by atoms with Crippen molar-refractivity contribution in [2.24, 2.45) is 5.73 Å². The predicted molar refractivity (Wildman–Crippen MR) is 72.2 cm³/mol. The fourth-order valence-electron chi connectivity index (χ4n) is 1.44. The Balaban J connectivity index is 2.04. The van der Waals surface area contributed by atoms with Gasteiger partial charge in [-0.25, -0.2) is 4.98 Å². The van der Waals surface area contributed by atoms with Crippen LogP contribution in [0.3, 0.4) is 0 Å². The van der Waals surface area contributed by atoms with Crippen LogP contribution in [0.15, 0.2) is 26.6 Å². The largest absolute Gasteiger partial charge is 0.452 e. The molecule has 0 aromatic carbocycles. The van der Waals surface area contributed by atoms with E-state index >= 15 is 0 Å². The van der Waals surface area contributed by atoms with Gasteiger partial charge in [-0.05, 0) is 28.1 Å². The molecule has 0 fully saturated rings. The summed E-state index contributed by atoms with van der Waals surface area (Å²) in [6, 6.07) is 3.61. The molecule has 7 heteroatoms. The van der Waals surface area contributed by atoms with Crippen LogP contribution in [0.1, 0.15) is 21.3 Å². The van der Waals surface area contributed by atoms with Gasteiger partial charge in [0, 0.05) is 19.0 Å². The number of halogens is 1. The van der Waals surface area contributed by atoms with E-state index in [1.54, 1.807) is 23.4 Å². The molecule has 2 heterocycles. The molecule has 0 aliphatic carbocycles. The highest BCUT2D eigenvalue weighted by atomic mass is 79.9. The molecule has 18 heavy (non-hydrogen) atoms. The number of aromatic nitrogens is 1. The van der Waals surface area contributed by atoms with Crippen molar-refractivity contribution in [3.63, 3.8) is 0 Å². The molecule has 5 nitrogen and oxygen atoms in total. The van der Waals surface area contributed by atoms with E-state index in [4.69, 9.17) is 10.2 Å². The lowest BCUT2D eigenvalue weighted by atomic mass is 10.3. The van der Waals surface area contributed by atoms with Crippen LogP contribution < -0.4 is 5.73 Å². The van der Waals surface area contributed by atoms with E-state index in [2.05, 4.69) is 20.9 Å². The highest BCUT2D eigenvalue weighted by molar-refractivity contribution is 9.10. The Hall–Kier alpha value is -1.18. The molecule has 96 valence electrons. The smallest absolute Gasteiger partial charge is 0.273 e. The van der Waals surface area contributed by atoms with Gasteiger partial charge in [0.05, 0.1) is 6.54 Å². The summed E-state index contributed by atoms with van der Waals surface area (Å²) in [6.45, 7) is 0.757. The molecule has 0 atom stereocenters. The first-order chi connectivity index (χ1) is 8.60. The van der Waals surface area contributed by atoms with Crippen LogP contribution in [0.5, 0.6) is 0 Å². The molecule has 0 unspecified atom stereocenters. The van der Waals surface area contributed by atoms with E-state index in [0.717, 1.165) is 5.01 Å². The first-order valence-corrected chi connectivity index (χ1v) is 6.91. The number of nitrogens with zero attached hydrogens (tertiary/aromatic N) is 2. The second-order valence-corrected chi connectivity index (χ2v) is 5.42. The standard InChI is InChI=1S/C11H12BrN3O2S/c1-15(5-7-2-3-9(12)17-7)11(16)8-6-18-10(4-13)14-8/h2-3,6H,4-5,13H2,1H3. The van der Waals surface area contributed by atoms with E-state index in [0.29, 0.717) is 29.2 Å². The van der Waals surface area contributed by atoms with Crippen molar-refractivity contribution in [3.05, 3.63) is 38.6 Å². The number of nitrogens with two attached hydrogens (primary N) is 1. The third-order valence-corrected chi connectivity index (χ3v) is 3.61. The minimum Gasteiger partial charge on any atom is -0.452 e. The van der Waals surface area contributed by atoms with Gasteiger partial charge in [-0.2, -0.15) is 0 Å². The Bertz CT molecular complexity index is 552. The zero-order valence-electron chi connectivity index (χ0n) is 9.72. The van der Waals surface area contributed by atoms with E-state index < -0.39 is 0 Å². The molecule has 2 aromatic heterocycles. The summed E-state index contributed by atoms with van der Waals surface area (Å²) < 4.78 is 6.00. The minimum absolute atomic E-state index is 0.140. The minimum atomic E-state index is -0.140. The van der Waals surface area contributed by atoms with Crippen LogP contribution in [-0.2, 0) is 13.1 Å². The first kappa shape index (κ1) is 13.3. The van der Waals surface area contributed by atoms with Crippen LogP contribution in [0, 0.1) is 0 Å². The molecule has 0 saturated carbocycles. The number of rotatable bonds is 4. The summed E-state index contributed by atoms with van der Waals surface area (Å²) >= 11 is 4.61. The van der Waals surface area contributed by atoms with Crippen molar-refractivity contribution < 1.29 is 9.21 Å². The fraction of sp³-hybridized carbons (Fsp3) is 0.273. The second-order valence-electron chi connectivity index (χ2n) is 3.70. The first-order valence-electron chi connectivity index (χ1n) is 5.24. The Morgan fingerprint density at radius 2 is 2.39 bits per heavy atom.